The Balaban J connectivity index is 1.63. The predicted molar refractivity (Wildman–Crippen MR) is 199 cm³/mol. The third-order valence-electron chi connectivity index (χ3n) is 8.83. The molecular formula is C41H43NO6S. The maximum Gasteiger partial charge on any atom is 0.339 e. The quantitative estimate of drug-likeness (QED) is 0.0694. The molecule has 8 heteroatoms. The molecule has 0 N–H and O–H groups in total. The molecule has 0 aliphatic carbocycles. The molecule has 7 nitrogen and oxygen atoms in total. The van der Waals surface area contributed by atoms with Crippen LogP contribution in [-0.2, 0) is 16.1 Å². The lowest BCUT2D eigenvalue weighted by atomic mass is 9.89. The average Bonchev–Trinajstić information content (AvgIpc) is 3.16. The molecule has 49 heavy (non-hydrogen) atoms. The van der Waals surface area contributed by atoms with Crippen LogP contribution in [0.5, 0.6) is 17.2 Å². The lowest BCUT2D eigenvalue weighted by molar-refractivity contribution is 0.0473. The fourth-order valence-corrected chi connectivity index (χ4v) is 6.61. The summed E-state index contributed by atoms with van der Waals surface area (Å²) < 4.78 is 29.7. The number of unbranched alkanes of at least 4 members (excludes halogenated alkanes) is 1. The summed E-state index contributed by atoms with van der Waals surface area (Å²) in [4.78, 5) is 17.6. The van der Waals surface area contributed by atoms with Gasteiger partial charge in [0.1, 0.15) is 23.9 Å². The van der Waals surface area contributed by atoms with E-state index in [4.69, 9.17) is 23.7 Å². The lowest BCUT2D eigenvalue weighted by Crippen LogP contribution is -2.36. The van der Waals surface area contributed by atoms with Gasteiger partial charge < -0.3 is 28.6 Å². The van der Waals surface area contributed by atoms with Crippen LogP contribution in [0, 0.1) is 0 Å². The maximum absolute atomic E-state index is 14.1. The van der Waals surface area contributed by atoms with Crippen LogP contribution < -0.4 is 19.1 Å². The van der Waals surface area contributed by atoms with E-state index >= 15 is 0 Å². The number of rotatable bonds is 13. The second-order valence-electron chi connectivity index (χ2n) is 11.9. The minimum Gasteiger partial charge on any atom is -0.497 e. The molecule has 0 atom stereocenters. The highest BCUT2D eigenvalue weighted by molar-refractivity contribution is 7.98. The van der Waals surface area contributed by atoms with E-state index in [-0.39, 0.29) is 6.61 Å². The van der Waals surface area contributed by atoms with Crippen LogP contribution in [0.1, 0.15) is 35.7 Å². The molecule has 0 aromatic heterocycles. The van der Waals surface area contributed by atoms with Gasteiger partial charge in [-0.1, -0.05) is 55.8 Å². The highest BCUT2D eigenvalue weighted by atomic mass is 32.2. The number of morpholine rings is 1. The smallest absolute Gasteiger partial charge is 0.339 e. The van der Waals surface area contributed by atoms with Crippen molar-refractivity contribution >= 4 is 34.2 Å². The summed E-state index contributed by atoms with van der Waals surface area (Å²) in [6.45, 7) is 5.54. The highest BCUT2D eigenvalue weighted by Gasteiger charge is 2.26. The Labute approximate surface area is 293 Å². The van der Waals surface area contributed by atoms with E-state index in [0.717, 1.165) is 75.1 Å². The number of methoxy groups -OCH3 is 2. The van der Waals surface area contributed by atoms with E-state index in [9.17, 15) is 4.79 Å². The van der Waals surface area contributed by atoms with Crippen molar-refractivity contribution in [3.05, 3.63) is 102 Å². The minimum absolute atomic E-state index is 0.170. The van der Waals surface area contributed by atoms with E-state index in [1.807, 2.05) is 54.6 Å². The minimum atomic E-state index is -0.399. The van der Waals surface area contributed by atoms with Crippen LogP contribution >= 0.6 is 11.8 Å². The van der Waals surface area contributed by atoms with Crippen LogP contribution in [0.2, 0.25) is 0 Å². The summed E-state index contributed by atoms with van der Waals surface area (Å²) in [5.74, 6) is 1.66. The van der Waals surface area contributed by atoms with Crippen LogP contribution in [0.15, 0.2) is 95.9 Å². The monoisotopic (exact) mass is 677 g/mol. The SMILES string of the molecule is CCCCOc1cc(C(=O)OCc2ccccc2)c(-c2ccc(SC)cc2)c2cc(N3CCOCC3)c(-c3ccc(OC)cc3OC)cc12. The molecule has 1 fully saturated rings. The zero-order valence-corrected chi connectivity index (χ0v) is 29.4. The first-order valence-corrected chi connectivity index (χ1v) is 17.9. The van der Waals surface area contributed by atoms with Crippen molar-refractivity contribution in [1.82, 2.24) is 0 Å². The normalized spacial score (nSPS) is 12.9. The lowest BCUT2D eigenvalue weighted by Gasteiger charge is -2.32. The molecule has 0 spiro atoms. The van der Waals surface area contributed by atoms with Crippen molar-refractivity contribution in [2.24, 2.45) is 0 Å². The van der Waals surface area contributed by atoms with Gasteiger partial charge in [0.15, 0.2) is 0 Å². The Bertz CT molecular complexity index is 1890. The van der Waals surface area contributed by atoms with Gasteiger partial charge in [-0.25, -0.2) is 4.79 Å². The van der Waals surface area contributed by atoms with Gasteiger partial charge in [0, 0.05) is 51.8 Å². The van der Waals surface area contributed by atoms with Gasteiger partial charge in [-0.2, -0.15) is 0 Å². The fourth-order valence-electron chi connectivity index (χ4n) is 6.20. The number of hydrogen-bond donors (Lipinski definition) is 0. The van der Waals surface area contributed by atoms with Crippen molar-refractivity contribution < 1.29 is 28.5 Å². The Hall–Kier alpha value is -4.66. The van der Waals surface area contributed by atoms with Crippen molar-refractivity contribution in [3.63, 3.8) is 0 Å². The Morgan fingerprint density at radius 3 is 2.31 bits per heavy atom. The predicted octanol–water partition coefficient (Wildman–Crippen LogP) is 9.29. The third kappa shape index (κ3) is 7.66. The number of benzene rings is 5. The average molecular weight is 678 g/mol. The van der Waals surface area contributed by atoms with Gasteiger partial charge in [-0.15, -0.1) is 11.8 Å². The third-order valence-corrected chi connectivity index (χ3v) is 9.58. The topological polar surface area (TPSA) is 66.5 Å². The van der Waals surface area contributed by atoms with Crippen LogP contribution in [0.25, 0.3) is 33.0 Å². The van der Waals surface area contributed by atoms with E-state index in [0.29, 0.717) is 42.6 Å². The number of anilines is 1. The molecule has 0 bridgehead atoms. The number of hydrogen-bond acceptors (Lipinski definition) is 8. The summed E-state index contributed by atoms with van der Waals surface area (Å²) in [5.41, 5.74) is 6.09. The van der Waals surface area contributed by atoms with Crippen LogP contribution in [-0.4, -0.2) is 59.4 Å². The van der Waals surface area contributed by atoms with Crippen molar-refractivity contribution in [3.8, 4) is 39.5 Å². The molecule has 1 aliphatic rings. The molecule has 1 saturated heterocycles. The second kappa shape index (κ2) is 16.2. The van der Waals surface area contributed by atoms with Crippen LogP contribution in [0.3, 0.4) is 0 Å². The standard InChI is InChI=1S/C41H43NO6S/c1-5-6-20-47-39-26-36(41(43)48-27-28-10-8-7-9-11-28)40(29-12-15-31(49-4)16-13-29)35-25-37(42-18-21-46-22-19-42)33(24-34(35)39)32-17-14-30(44-2)23-38(32)45-3/h7-17,23-26H,5-6,18-22,27H2,1-4H3. The first-order valence-electron chi connectivity index (χ1n) is 16.7. The molecule has 6 rings (SSSR count). The number of esters is 1. The summed E-state index contributed by atoms with van der Waals surface area (Å²) in [5, 5.41) is 1.82. The van der Waals surface area contributed by atoms with Gasteiger partial charge in [0.25, 0.3) is 0 Å². The van der Waals surface area contributed by atoms with Crippen molar-refractivity contribution in [2.45, 2.75) is 31.3 Å². The number of nitrogens with zero attached hydrogens (tertiary/aromatic N) is 1. The van der Waals surface area contributed by atoms with Gasteiger partial charge in [0.05, 0.1) is 39.6 Å². The largest absolute Gasteiger partial charge is 0.497 e. The van der Waals surface area contributed by atoms with E-state index in [1.54, 1.807) is 26.0 Å². The van der Waals surface area contributed by atoms with E-state index < -0.39 is 5.97 Å². The van der Waals surface area contributed by atoms with Crippen LogP contribution in [0.4, 0.5) is 5.69 Å². The zero-order valence-electron chi connectivity index (χ0n) is 28.6. The molecular weight excluding hydrogens is 635 g/mol. The molecule has 5 aromatic carbocycles. The molecule has 1 heterocycles. The fraction of sp³-hybridized carbons (Fsp3) is 0.293. The molecule has 0 radical (unpaired) electrons. The van der Waals surface area contributed by atoms with E-state index in [1.165, 1.54) is 0 Å². The summed E-state index contributed by atoms with van der Waals surface area (Å²) in [7, 11) is 3.33. The van der Waals surface area contributed by atoms with Crippen molar-refractivity contribution in [1.29, 1.82) is 0 Å². The molecule has 0 saturated carbocycles. The zero-order chi connectivity index (χ0) is 34.2. The molecule has 1 aliphatic heterocycles. The number of fused-ring (bicyclic) bond motifs is 1. The number of ether oxygens (including phenoxy) is 5. The molecule has 0 amide bonds. The van der Waals surface area contributed by atoms with Gasteiger partial charge in [0.2, 0.25) is 0 Å². The molecule has 5 aromatic rings. The summed E-state index contributed by atoms with van der Waals surface area (Å²) in [6.07, 6.45) is 3.93. The van der Waals surface area contributed by atoms with Gasteiger partial charge >= 0.3 is 5.97 Å². The Morgan fingerprint density at radius 1 is 0.837 bits per heavy atom. The summed E-state index contributed by atoms with van der Waals surface area (Å²) >= 11 is 1.68. The van der Waals surface area contributed by atoms with E-state index in [2.05, 4.69) is 54.5 Å². The number of carbonyl (C=O) groups excluding carboxylic acids is 1. The van der Waals surface area contributed by atoms with Gasteiger partial charge in [-0.3, -0.25) is 0 Å². The summed E-state index contributed by atoms with van der Waals surface area (Å²) in [6, 6.07) is 30.3. The van der Waals surface area contributed by atoms with Crippen molar-refractivity contribution in [2.75, 3.05) is 58.3 Å². The molecule has 0 unspecified atom stereocenters. The second-order valence-corrected chi connectivity index (χ2v) is 12.7. The first kappa shape index (κ1) is 34.2. The number of carbonyl (C=O) groups is 1. The Kier molecular flexibility index (Phi) is 11.3. The highest BCUT2D eigenvalue weighted by Crippen LogP contribution is 2.47. The van der Waals surface area contributed by atoms with Gasteiger partial charge in [-0.05, 0) is 71.7 Å². The first-order chi connectivity index (χ1) is 24.0. The molecule has 254 valence electrons. The Morgan fingerprint density at radius 2 is 1.61 bits per heavy atom. The maximum atomic E-state index is 14.1. The number of thioether (sulfide) groups is 1.